The van der Waals surface area contributed by atoms with Gasteiger partial charge in [0.15, 0.2) is 5.75 Å². The molecule has 0 saturated heterocycles. The molecule has 0 fully saturated rings. The molecule has 0 radical (unpaired) electrons. The number of nitrogens with two attached hydrogens (primary N) is 1. The van der Waals surface area contributed by atoms with Gasteiger partial charge in [0.25, 0.3) is 0 Å². The smallest absolute Gasteiger partial charge is 0.240 e. The fraction of sp³-hybridized carbons (Fsp3) is 0.174. The number of nitrogens with zero attached hydrogens (tertiary/aromatic N) is 4. The SMILES string of the molecule is Cc1nc2ccccc2c(-n2ccnc2)c1OCc1c(Cl)ccc(N(C)C(=O)CN)c1Cl. The standard InChI is InChI=1S/C23H21Cl2N5O2/c1-14-23(22(30-10-9-27-13-30)15-5-3-4-6-18(15)28-14)32-12-16-17(24)7-8-19(21(16)25)29(2)20(31)11-26/h3-10,13H,11-12,26H2,1-2H3. The zero-order chi connectivity index (χ0) is 22.8. The molecule has 0 aliphatic carbocycles. The van der Waals surface area contributed by atoms with E-state index in [0.717, 1.165) is 16.6 Å². The average Bonchev–Trinajstić information content (AvgIpc) is 3.32. The first-order valence-electron chi connectivity index (χ1n) is 9.86. The van der Waals surface area contributed by atoms with Crippen molar-refractivity contribution in [2.45, 2.75) is 13.5 Å². The lowest BCUT2D eigenvalue weighted by Crippen LogP contribution is -2.32. The lowest BCUT2D eigenvalue weighted by atomic mass is 10.1. The van der Waals surface area contributed by atoms with Crippen LogP contribution in [0.15, 0.2) is 55.1 Å². The molecule has 2 N–H and O–H groups in total. The van der Waals surface area contributed by atoms with E-state index in [4.69, 9.17) is 38.7 Å². The summed E-state index contributed by atoms with van der Waals surface area (Å²) in [5.74, 6) is 0.323. The minimum absolute atomic E-state index is 0.0821. The highest BCUT2D eigenvalue weighted by Crippen LogP contribution is 2.37. The molecular formula is C23H21Cl2N5O2. The number of pyridine rings is 1. The molecule has 2 heterocycles. The lowest BCUT2D eigenvalue weighted by Gasteiger charge is -2.21. The Labute approximate surface area is 195 Å². The Morgan fingerprint density at radius 1 is 1.22 bits per heavy atom. The minimum Gasteiger partial charge on any atom is -0.485 e. The van der Waals surface area contributed by atoms with Gasteiger partial charge in [0.1, 0.15) is 12.3 Å². The van der Waals surface area contributed by atoms with Gasteiger partial charge in [-0.15, -0.1) is 0 Å². The van der Waals surface area contributed by atoms with Crippen molar-refractivity contribution >= 4 is 45.7 Å². The van der Waals surface area contributed by atoms with Crippen molar-refractivity contribution in [2.75, 3.05) is 18.5 Å². The van der Waals surface area contributed by atoms with Gasteiger partial charge in [0, 0.05) is 35.4 Å². The summed E-state index contributed by atoms with van der Waals surface area (Å²) >= 11 is 13.1. The van der Waals surface area contributed by atoms with Crippen LogP contribution in [0.3, 0.4) is 0 Å². The summed E-state index contributed by atoms with van der Waals surface area (Å²) < 4.78 is 8.15. The molecule has 7 nitrogen and oxygen atoms in total. The molecule has 4 rings (SSSR count). The van der Waals surface area contributed by atoms with Crippen LogP contribution >= 0.6 is 23.2 Å². The van der Waals surface area contributed by atoms with Gasteiger partial charge < -0.3 is 19.9 Å². The Morgan fingerprint density at radius 2 is 2.00 bits per heavy atom. The molecule has 32 heavy (non-hydrogen) atoms. The van der Waals surface area contributed by atoms with E-state index in [1.165, 1.54) is 4.90 Å². The predicted molar refractivity (Wildman–Crippen MR) is 127 cm³/mol. The first-order valence-corrected chi connectivity index (χ1v) is 10.6. The number of benzene rings is 2. The molecule has 0 atom stereocenters. The zero-order valence-electron chi connectivity index (χ0n) is 17.5. The second-order valence-electron chi connectivity index (χ2n) is 7.17. The van der Waals surface area contributed by atoms with Crippen LogP contribution in [0.2, 0.25) is 10.0 Å². The van der Waals surface area contributed by atoms with E-state index in [1.54, 1.807) is 31.7 Å². The number of rotatable bonds is 6. The Balaban J connectivity index is 1.77. The van der Waals surface area contributed by atoms with Crippen molar-refractivity contribution < 1.29 is 9.53 Å². The van der Waals surface area contributed by atoms with E-state index in [-0.39, 0.29) is 19.1 Å². The first kappa shape index (κ1) is 22.1. The fourth-order valence-electron chi connectivity index (χ4n) is 3.51. The van der Waals surface area contributed by atoms with Crippen molar-refractivity contribution in [1.29, 1.82) is 0 Å². The highest BCUT2D eigenvalue weighted by molar-refractivity contribution is 6.38. The van der Waals surface area contributed by atoms with Crippen molar-refractivity contribution in [1.82, 2.24) is 14.5 Å². The zero-order valence-corrected chi connectivity index (χ0v) is 19.1. The van der Waals surface area contributed by atoms with E-state index in [2.05, 4.69) is 4.98 Å². The maximum Gasteiger partial charge on any atom is 0.240 e. The van der Waals surface area contributed by atoms with Crippen molar-refractivity contribution in [3.8, 4) is 11.4 Å². The van der Waals surface area contributed by atoms with Gasteiger partial charge in [0.2, 0.25) is 5.91 Å². The van der Waals surface area contributed by atoms with E-state index < -0.39 is 0 Å². The number of fused-ring (bicyclic) bond motifs is 1. The number of hydrogen-bond acceptors (Lipinski definition) is 5. The summed E-state index contributed by atoms with van der Waals surface area (Å²) in [5.41, 5.74) is 8.94. The van der Waals surface area contributed by atoms with Crippen molar-refractivity contribution in [2.24, 2.45) is 5.73 Å². The second-order valence-corrected chi connectivity index (χ2v) is 7.95. The molecule has 0 aliphatic rings. The summed E-state index contributed by atoms with van der Waals surface area (Å²) in [5, 5.41) is 1.69. The minimum atomic E-state index is -0.266. The number of amides is 1. The van der Waals surface area contributed by atoms with Crippen LogP contribution in [0, 0.1) is 6.92 Å². The molecule has 164 valence electrons. The Hall–Kier alpha value is -3.13. The van der Waals surface area contributed by atoms with E-state index in [1.807, 2.05) is 42.0 Å². The molecule has 0 aliphatic heterocycles. The van der Waals surface area contributed by atoms with Gasteiger partial charge >= 0.3 is 0 Å². The molecule has 4 aromatic rings. The van der Waals surface area contributed by atoms with E-state index in [0.29, 0.717) is 32.7 Å². The molecule has 0 spiro atoms. The first-order chi connectivity index (χ1) is 15.4. The topological polar surface area (TPSA) is 86.3 Å². The van der Waals surface area contributed by atoms with Crippen LogP contribution in [-0.2, 0) is 11.4 Å². The fourth-order valence-corrected chi connectivity index (χ4v) is 4.12. The molecule has 2 aromatic carbocycles. The summed E-state index contributed by atoms with van der Waals surface area (Å²) in [6.07, 6.45) is 5.26. The third kappa shape index (κ3) is 4.02. The number of carbonyl (C=O) groups is 1. The third-order valence-electron chi connectivity index (χ3n) is 5.19. The average molecular weight is 470 g/mol. The number of ether oxygens (including phenoxy) is 1. The molecule has 0 saturated carbocycles. The molecule has 9 heteroatoms. The number of aryl methyl sites for hydroxylation is 1. The summed E-state index contributed by atoms with van der Waals surface area (Å²) in [6.45, 7) is 1.84. The number of aromatic nitrogens is 3. The molecule has 2 aromatic heterocycles. The van der Waals surface area contributed by atoms with Crippen LogP contribution in [0.4, 0.5) is 5.69 Å². The molecule has 1 amide bonds. The maximum atomic E-state index is 12.0. The molecule has 0 unspecified atom stereocenters. The summed E-state index contributed by atoms with van der Waals surface area (Å²) in [4.78, 5) is 22.3. The summed E-state index contributed by atoms with van der Waals surface area (Å²) in [6, 6.07) is 11.2. The number of carbonyl (C=O) groups excluding carboxylic acids is 1. The van der Waals surface area contributed by atoms with Gasteiger partial charge in [-0.05, 0) is 25.1 Å². The second kappa shape index (κ2) is 9.16. The maximum absolute atomic E-state index is 12.0. The van der Waals surface area contributed by atoms with Crippen molar-refractivity contribution in [3.05, 3.63) is 76.4 Å². The van der Waals surface area contributed by atoms with Crippen LogP contribution < -0.4 is 15.4 Å². The molecule has 0 bridgehead atoms. The number of halogens is 2. The van der Waals surface area contributed by atoms with Gasteiger partial charge in [0.05, 0.1) is 34.8 Å². The number of imidazole rings is 1. The Bertz CT molecular complexity index is 1290. The summed E-state index contributed by atoms with van der Waals surface area (Å²) in [7, 11) is 1.61. The quantitative estimate of drug-likeness (QED) is 0.447. The third-order valence-corrected chi connectivity index (χ3v) is 5.97. The van der Waals surface area contributed by atoms with Crippen LogP contribution in [0.1, 0.15) is 11.3 Å². The normalized spacial score (nSPS) is 11.0. The Kier molecular flexibility index (Phi) is 6.32. The van der Waals surface area contributed by atoms with Crippen LogP contribution in [-0.4, -0.2) is 34.0 Å². The van der Waals surface area contributed by atoms with E-state index in [9.17, 15) is 4.79 Å². The highest BCUT2D eigenvalue weighted by Gasteiger charge is 2.20. The van der Waals surface area contributed by atoms with Crippen molar-refractivity contribution in [3.63, 3.8) is 0 Å². The van der Waals surface area contributed by atoms with Crippen LogP contribution in [0.25, 0.3) is 16.6 Å². The van der Waals surface area contributed by atoms with Gasteiger partial charge in [-0.3, -0.25) is 4.79 Å². The van der Waals surface area contributed by atoms with Gasteiger partial charge in [-0.2, -0.15) is 0 Å². The van der Waals surface area contributed by atoms with Crippen LogP contribution in [0.5, 0.6) is 5.75 Å². The predicted octanol–water partition coefficient (Wildman–Crippen LogP) is 4.54. The number of para-hydroxylation sites is 1. The number of hydrogen-bond donors (Lipinski definition) is 1. The largest absolute Gasteiger partial charge is 0.485 e. The highest BCUT2D eigenvalue weighted by atomic mass is 35.5. The lowest BCUT2D eigenvalue weighted by molar-refractivity contribution is -0.117. The van der Waals surface area contributed by atoms with Gasteiger partial charge in [-0.1, -0.05) is 41.4 Å². The number of anilines is 1. The number of likely N-dealkylation sites (N-methyl/N-ethyl adjacent to an activating group) is 1. The van der Waals surface area contributed by atoms with E-state index >= 15 is 0 Å². The van der Waals surface area contributed by atoms with Gasteiger partial charge in [-0.25, -0.2) is 9.97 Å². The Morgan fingerprint density at radius 3 is 2.72 bits per heavy atom. The molecular weight excluding hydrogens is 449 g/mol. The monoisotopic (exact) mass is 469 g/mol.